The molecule has 0 saturated carbocycles. The molecule has 0 aliphatic carbocycles. The van der Waals surface area contributed by atoms with Gasteiger partial charge in [0.1, 0.15) is 17.7 Å². The SMILES string of the molecule is CCN1CCC(Oc2cncc(F)c2)C1. The van der Waals surface area contributed by atoms with E-state index in [2.05, 4.69) is 16.8 Å². The van der Waals surface area contributed by atoms with Gasteiger partial charge in [-0.05, 0) is 13.0 Å². The van der Waals surface area contributed by atoms with E-state index in [1.54, 1.807) is 6.20 Å². The highest BCUT2D eigenvalue weighted by atomic mass is 19.1. The topological polar surface area (TPSA) is 25.4 Å². The molecule has 1 aromatic rings. The van der Waals surface area contributed by atoms with Gasteiger partial charge in [0.25, 0.3) is 0 Å². The van der Waals surface area contributed by atoms with Crippen molar-refractivity contribution < 1.29 is 9.13 Å². The molecule has 0 aromatic carbocycles. The Bertz CT molecular complexity index is 332. The Morgan fingerprint density at radius 3 is 3.13 bits per heavy atom. The third-order valence-electron chi connectivity index (χ3n) is 2.66. The van der Waals surface area contributed by atoms with E-state index >= 15 is 0 Å². The second-order valence-electron chi connectivity index (χ2n) is 3.76. The van der Waals surface area contributed by atoms with E-state index in [0.29, 0.717) is 5.75 Å². The minimum atomic E-state index is -0.349. The Hall–Kier alpha value is -1.16. The van der Waals surface area contributed by atoms with Crippen LogP contribution in [0.5, 0.6) is 5.75 Å². The Balaban J connectivity index is 1.92. The van der Waals surface area contributed by atoms with Crippen molar-refractivity contribution in [2.45, 2.75) is 19.4 Å². The molecule has 1 saturated heterocycles. The number of aromatic nitrogens is 1. The first-order valence-corrected chi connectivity index (χ1v) is 5.27. The van der Waals surface area contributed by atoms with E-state index in [0.717, 1.165) is 26.1 Å². The molecule has 1 aromatic heterocycles. The molecule has 0 radical (unpaired) electrons. The zero-order valence-corrected chi connectivity index (χ0v) is 8.82. The fourth-order valence-electron chi connectivity index (χ4n) is 1.83. The molecular formula is C11H15FN2O. The molecule has 1 atom stereocenters. The molecule has 1 aliphatic rings. The normalized spacial score (nSPS) is 21.9. The van der Waals surface area contributed by atoms with Crippen molar-refractivity contribution in [2.24, 2.45) is 0 Å². The minimum Gasteiger partial charge on any atom is -0.487 e. The van der Waals surface area contributed by atoms with Gasteiger partial charge in [0.2, 0.25) is 0 Å². The molecule has 0 bridgehead atoms. The average molecular weight is 210 g/mol. The summed E-state index contributed by atoms with van der Waals surface area (Å²) in [4.78, 5) is 6.07. The highest BCUT2D eigenvalue weighted by Gasteiger charge is 2.22. The predicted octanol–water partition coefficient (Wildman–Crippen LogP) is 1.69. The molecule has 2 heterocycles. The largest absolute Gasteiger partial charge is 0.487 e. The third kappa shape index (κ3) is 2.65. The maximum atomic E-state index is 12.8. The Labute approximate surface area is 88.9 Å². The lowest BCUT2D eigenvalue weighted by Crippen LogP contribution is -2.24. The van der Waals surface area contributed by atoms with Gasteiger partial charge in [-0.1, -0.05) is 6.92 Å². The number of hydrogen-bond acceptors (Lipinski definition) is 3. The molecule has 82 valence electrons. The van der Waals surface area contributed by atoms with E-state index in [4.69, 9.17) is 4.74 Å². The summed E-state index contributed by atoms with van der Waals surface area (Å²) in [5.74, 6) is 0.177. The number of pyridine rings is 1. The molecule has 2 rings (SSSR count). The highest BCUT2D eigenvalue weighted by Crippen LogP contribution is 2.17. The van der Waals surface area contributed by atoms with E-state index in [-0.39, 0.29) is 11.9 Å². The van der Waals surface area contributed by atoms with Crippen LogP contribution in [0.2, 0.25) is 0 Å². The van der Waals surface area contributed by atoms with Crippen molar-refractivity contribution >= 4 is 0 Å². The van der Waals surface area contributed by atoms with Gasteiger partial charge in [-0.25, -0.2) is 4.39 Å². The molecule has 1 aliphatic heterocycles. The van der Waals surface area contributed by atoms with Crippen LogP contribution in [0.25, 0.3) is 0 Å². The summed E-state index contributed by atoms with van der Waals surface area (Å²) < 4.78 is 18.5. The summed E-state index contributed by atoms with van der Waals surface area (Å²) >= 11 is 0. The van der Waals surface area contributed by atoms with Gasteiger partial charge in [-0.15, -0.1) is 0 Å². The Morgan fingerprint density at radius 1 is 1.60 bits per heavy atom. The van der Waals surface area contributed by atoms with Crippen LogP contribution in [0, 0.1) is 5.82 Å². The lowest BCUT2D eigenvalue weighted by Gasteiger charge is -2.14. The van der Waals surface area contributed by atoms with Crippen molar-refractivity contribution in [1.82, 2.24) is 9.88 Å². The van der Waals surface area contributed by atoms with Crippen molar-refractivity contribution in [1.29, 1.82) is 0 Å². The first kappa shape index (κ1) is 10.4. The quantitative estimate of drug-likeness (QED) is 0.759. The molecule has 0 spiro atoms. The molecule has 15 heavy (non-hydrogen) atoms. The molecule has 1 fully saturated rings. The van der Waals surface area contributed by atoms with Crippen LogP contribution < -0.4 is 4.74 Å². The molecule has 0 amide bonds. The van der Waals surface area contributed by atoms with Crippen molar-refractivity contribution in [2.75, 3.05) is 19.6 Å². The number of rotatable bonds is 3. The number of nitrogens with zero attached hydrogens (tertiary/aromatic N) is 2. The fraction of sp³-hybridized carbons (Fsp3) is 0.545. The number of likely N-dealkylation sites (tertiary alicyclic amines) is 1. The molecule has 1 unspecified atom stereocenters. The predicted molar refractivity (Wildman–Crippen MR) is 55.3 cm³/mol. The van der Waals surface area contributed by atoms with Gasteiger partial charge < -0.3 is 4.74 Å². The summed E-state index contributed by atoms with van der Waals surface area (Å²) in [5.41, 5.74) is 0. The summed E-state index contributed by atoms with van der Waals surface area (Å²) in [6.07, 6.45) is 3.91. The highest BCUT2D eigenvalue weighted by molar-refractivity contribution is 5.17. The summed E-state index contributed by atoms with van der Waals surface area (Å²) in [6.45, 7) is 5.16. The van der Waals surface area contributed by atoms with Crippen LogP contribution in [-0.2, 0) is 0 Å². The van der Waals surface area contributed by atoms with Gasteiger partial charge in [0.15, 0.2) is 0 Å². The summed E-state index contributed by atoms with van der Waals surface area (Å²) in [7, 11) is 0. The van der Waals surface area contributed by atoms with E-state index in [1.807, 2.05) is 0 Å². The summed E-state index contributed by atoms with van der Waals surface area (Å²) in [5, 5.41) is 0. The Morgan fingerprint density at radius 2 is 2.47 bits per heavy atom. The number of ether oxygens (including phenoxy) is 1. The Kier molecular flexibility index (Phi) is 3.16. The minimum absolute atomic E-state index is 0.175. The maximum absolute atomic E-state index is 12.8. The standard InChI is InChI=1S/C11H15FN2O/c1-2-14-4-3-10(8-14)15-11-5-9(12)6-13-7-11/h5-7,10H,2-4,8H2,1H3. The molecule has 3 nitrogen and oxygen atoms in total. The molecular weight excluding hydrogens is 195 g/mol. The van der Waals surface area contributed by atoms with Gasteiger partial charge in [-0.3, -0.25) is 9.88 Å². The first-order valence-electron chi connectivity index (χ1n) is 5.27. The second kappa shape index (κ2) is 4.57. The monoisotopic (exact) mass is 210 g/mol. The van der Waals surface area contributed by atoms with E-state index < -0.39 is 0 Å². The van der Waals surface area contributed by atoms with Crippen molar-refractivity contribution in [3.63, 3.8) is 0 Å². The lowest BCUT2D eigenvalue weighted by atomic mass is 10.3. The smallest absolute Gasteiger partial charge is 0.145 e. The number of hydrogen-bond donors (Lipinski definition) is 0. The summed E-state index contributed by atoms with van der Waals surface area (Å²) in [6, 6.07) is 1.38. The van der Waals surface area contributed by atoms with Gasteiger partial charge >= 0.3 is 0 Å². The average Bonchev–Trinajstić information content (AvgIpc) is 2.65. The zero-order chi connectivity index (χ0) is 10.7. The van der Waals surface area contributed by atoms with Crippen LogP contribution in [0.3, 0.4) is 0 Å². The van der Waals surface area contributed by atoms with Crippen LogP contribution in [0.1, 0.15) is 13.3 Å². The van der Waals surface area contributed by atoms with Crippen LogP contribution in [0.4, 0.5) is 4.39 Å². The van der Waals surface area contributed by atoms with Crippen molar-refractivity contribution in [3.05, 3.63) is 24.3 Å². The van der Waals surface area contributed by atoms with Gasteiger partial charge in [0.05, 0.1) is 12.4 Å². The van der Waals surface area contributed by atoms with E-state index in [9.17, 15) is 4.39 Å². The zero-order valence-electron chi connectivity index (χ0n) is 8.82. The molecule has 0 N–H and O–H groups in total. The van der Waals surface area contributed by atoms with Gasteiger partial charge in [0, 0.05) is 19.2 Å². The first-order chi connectivity index (χ1) is 7.28. The lowest BCUT2D eigenvalue weighted by molar-refractivity contribution is 0.201. The fourth-order valence-corrected chi connectivity index (χ4v) is 1.83. The number of likely N-dealkylation sites (N-methyl/N-ethyl adjacent to an activating group) is 1. The third-order valence-corrected chi connectivity index (χ3v) is 2.66. The second-order valence-corrected chi connectivity index (χ2v) is 3.76. The van der Waals surface area contributed by atoms with Crippen LogP contribution in [-0.4, -0.2) is 35.6 Å². The maximum Gasteiger partial charge on any atom is 0.145 e. The van der Waals surface area contributed by atoms with Crippen LogP contribution >= 0.6 is 0 Å². The van der Waals surface area contributed by atoms with Crippen molar-refractivity contribution in [3.8, 4) is 5.75 Å². The van der Waals surface area contributed by atoms with Crippen LogP contribution in [0.15, 0.2) is 18.5 Å². The molecule has 4 heteroatoms. The van der Waals surface area contributed by atoms with E-state index in [1.165, 1.54) is 12.3 Å². The number of halogens is 1. The van der Waals surface area contributed by atoms with Gasteiger partial charge in [-0.2, -0.15) is 0 Å².